The molecule has 2 aliphatic rings. The van der Waals surface area contributed by atoms with E-state index < -0.39 is 12.1 Å². The van der Waals surface area contributed by atoms with Gasteiger partial charge in [-0.05, 0) is 54.5 Å². The number of amides is 4. The van der Waals surface area contributed by atoms with Gasteiger partial charge in [0.25, 0.3) is 5.91 Å². The standard InChI is InChI=1S/C36H47N7O4/c1-3-32(44)40-30(36(47)43-21-19-29(24-43)37-23-26-10-6-4-7-11-26)22-25-14-16-28(17-15-25)39-35(46)33(27-12-8-5-9-13-27)41-34(45)31-18-20-38-42(31)2/h4,6-7,10-11,14-18,20,27,29-30,33,37H,3,5,8-9,12-13,19,21-24H2,1-2H3,(H,39,46)(H,40,44)(H,41,45)/t29-,30+,33-/m0/s1. The van der Waals surface area contributed by atoms with E-state index in [1.807, 2.05) is 35.2 Å². The number of carbonyl (C=O) groups is 4. The van der Waals surface area contributed by atoms with Crippen molar-refractivity contribution in [3.8, 4) is 0 Å². The van der Waals surface area contributed by atoms with Crippen molar-refractivity contribution in [1.29, 1.82) is 0 Å². The quantitative estimate of drug-likeness (QED) is 0.225. The topological polar surface area (TPSA) is 137 Å². The number of hydrogen-bond acceptors (Lipinski definition) is 6. The van der Waals surface area contributed by atoms with E-state index >= 15 is 0 Å². The van der Waals surface area contributed by atoms with E-state index in [1.54, 1.807) is 38.4 Å². The van der Waals surface area contributed by atoms with Gasteiger partial charge in [0, 0.05) is 57.4 Å². The third kappa shape index (κ3) is 9.28. The molecule has 0 unspecified atom stereocenters. The molecule has 3 atom stereocenters. The Hall–Kier alpha value is -4.51. The molecule has 1 aliphatic carbocycles. The summed E-state index contributed by atoms with van der Waals surface area (Å²) in [4.78, 5) is 54.5. The molecule has 11 nitrogen and oxygen atoms in total. The van der Waals surface area contributed by atoms with Gasteiger partial charge in [0.05, 0.1) is 0 Å². The van der Waals surface area contributed by atoms with Crippen LogP contribution >= 0.6 is 0 Å². The van der Waals surface area contributed by atoms with Crippen LogP contribution in [-0.4, -0.2) is 69.5 Å². The maximum atomic E-state index is 13.6. The Kier molecular flexibility index (Phi) is 11.8. The highest BCUT2D eigenvalue weighted by Gasteiger charge is 2.33. The van der Waals surface area contributed by atoms with Crippen molar-refractivity contribution in [3.63, 3.8) is 0 Å². The number of rotatable bonds is 13. The van der Waals surface area contributed by atoms with Crippen LogP contribution in [0, 0.1) is 5.92 Å². The molecule has 250 valence electrons. The van der Waals surface area contributed by atoms with Gasteiger partial charge in [-0.3, -0.25) is 23.9 Å². The van der Waals surface area contributed by atoms with E-state index in [4.69, 9.17) is 0 Å². The van der Waals surface area contributed by atoms with Crippen LogP contribution in [0.15, 0.2) is 66.9 Å². The van der Waals surface area contributed by atoms with Crippen LogP contribution in [0.1, 0.15) is 73.5 Å². The largest absolute Gasteiger partial charge is 0.344 e. The summed E-state index contributed by atoms with van der Waals surface area (Å²) in [7, 11) is 1.70. The molecule has 2 aromatic carbocycles. The van der Waals surface area contributed by atoms with Crippen molar-refractivity contribution < 1.29 is 19.2 Å². The number of aryl methyl sites for hydroxylation is 1. The number of benzene rings is 2. The third-order valence-electron chi connectivity index (χ3n) is 9.30. The fourth-order valence-corrected chi connectivity index (χ4v) is 6.56. The molecule has 0 spiro atoms. The second kappa shape index (κ2) is 16.4. The lowest BCUT2D eigenvalue weighted by atomic mass is 9.83. The average molecular weight is 642 g/mol. The minimum absolute atomic E-state index is 0.0490. The SMILES string of the molecule is CCC(=O)N[C@H](Cc1ccc(NC(=O)[C@@H](NC(=O)c2ccnn2C)C2CCCCC2)cc1)C(=O)N1CC[C@H](NCc2ccccc2)C1. The van der Waals surface area contributed by atoms with Crippen LogP contribution in [0.4, 0.5) is 5.69 Å². The molecule has 4 amide bonds. The molecule has 2 heterocycles. The summed E-state index contributed by atoms with van der Waals surface area (Å²) in [6.45, 7) is 3.74. The van der Waals surface area contributed by atoms with E-state index in [-0.39, 0.29) is 42.0 Å². The van der Waals surface area contributed by atoms with E-state index in [2.05, 4.69) is 38.5 Å². The Morgan fingerprint density at radius 1 is 0.894 bits per heavy atom. The molecule has 2 fully saturated rings. The molecule has 1 aliphatic heterocycles. The molecule has 1 saturated heterocycles. The number of aromatic nitrogens is 2. The Morgan fingerprint density at radius 3 is 2.32 bits per heavy atom. The van der Waals surface area contributed by atoms with Crippen molar-refractivity contribution in [2.45, 2.75) is 83.0 Å². The summed E-state index contributed by atoms with van der Waals surface area (Å²) >= 11 is 0. The molecule has 4 N–H and O–H groups in total. The normalized spacial score (nSPS) is 17.9. The first-order chi connectivity index (χ1) is 22.8. The zero-order chi connectivity index (χ0) is 33.2. The summed E-state index contributed by atoms with van der Waals surface area (Å²) in [5, 5.41) is 16.5. The van der Waals surface area contributed by atoms with E-state index in [0.717, 1.165) is 50.6 Å². The van der Waals surface area contributed by atoms with Gasteiger partial charge in [-0.25, -0.2) is 0 Å². The Labute approximate surface area is 276 Å². The highest BCUT2D eigenvalue weighted by atomic mass is 16.2. The third-order valence-corrected chi connectivity index (χ3v) is 9.30. The maximum absolute atomic E-state index is 13.6. The predicted molar refractivity (Wildman–Crippen MR) is 180 cm³/mol. The Morgan fingerprint density at radius 2 is 1.64 bits per heavy atom. The van der Waals surface area contributed by atoms with Crippen LogP contribution in [0.2, 0.25) is 0 Å². The lowest BCUT2D eigenvalue weighted by Gasteiger charge is -2.30. The number of hydrogen-bond donors (Lipinski definition) is 4. The highest BCUT2D eigenvalue weighted by Crippen LogP contribution is 2.28. The van der Waals surface area contributed by atoms with Gasteiger partial charge < -0.3 is 26.2 Å². The van der Waals surface area contributed by atoms with Crippen molar-refractivity contribution in [1.82, 2.24) is 30.6 Å². The molecule has 3 aromatic rings. The van der Waals surface area contributed by atoms with Gasteiger partial charge in [-0.1, -0.05) is 68.7 Å². The summed E-state index contributed by atoms with van der Waals surface area (Å²) in [6, 6.07) is 18.0. The molecule has 11 heteroatoms. The van der Waals surface area contributed by atoms with Crippen LogP contribution in [-0.2, 0) is 34.4 Å². The number of anilines is 1. The monoisotopic (exact) mass is 641 g/mol. The van der Waals surface area contributed by atoms with Gasteiger partial charge in [-0.2, -0.15) is 5.10 Å². The van der Waals surface area contributed by atoms with E-state index in [1.165, 1.54) is 10.2 Å². The van der Waals surface area contributed by atoms with Crippen LogP contribution in [0.5, 0.6) is 0 Å². The lowest BCUT2D eigenvalue weighted by molar-refractivity contribution is -0.135. The number of carbonyl (C=O) groups excluding carboxylic acids is 4. The Bertz CT molecular complexity index is 1500. The second-order valence-corrected chi connectivity index (χ2v) is 12.7. The summed E-state index contributed by atoms with van der Waals surface area (Å²) in [5.74, 6) is -0.798. The highest BCUT2D eigenvalue weighted by molar-refractivity contribution is 6.00. The van der Waals surface area contributed by atoms with Gasteiger partial charge in [0.1, 0.15) is 17.8 Å². The van der Waals surface area contributed by atoms with Crippen molar-refractivity contribution >= 4 is 29.3 Å². The zero-order valence-electron chi connectivity index (χ0n) is 27.4. The molecular weight excluding hydrogens is 594 g/mol. The number of nitrogens with one attached hydrogen (secondary N) is 4. The zero-order valence-corrected chi connectivity index (χ0v) is 27.4. The second-order valence-electron chi connectivity index (χ2n) is 12.7. The van der Waals surface area contributed by atoms with Crippen molar-refractivity contribution in [2.24, 2.45) is 13.0 Å². The van der Waals surface area contributed by atoms with Crippen LogP contribution < -0.4 is 21.3 Å². The van der Waals surface area contributed by atoms with E-state index in [0.29, 0.717) is 30.9 Å². The first-order valence-corrected chi connectivity index (χ1v) is 16.8. The Balaban J connectivity index is 1.20. The van der Waals surface area contributed by atoms with Crippen molar-refractivity contribution in [2.75, 3.05) is 18.4 Å². The maximum Gasteiger partial charge on any atom is 0.270 e. The minimum atomic E-state index is -0.686. The molecule has 0 radical (unpaired) electrons. The number of likely N-dealkylation sites (tertiary alicyclic amines) is 1. The fraction of sp³-hybridized carbons (Fsp3) is 0.472. The first kappa shape index (κ1) is 33.8. The van der Waals surface area contributed by atoms with Crippen LogP contribution in [0.3, 0.4) is 0 Å². The molecule has 5 rings (SSSR count). The van der Waals surface area contributed by atoms with Gasteiger partial charge in [0.2, 0.25) is 17.7 Å². The fourth-order valence-electron chi connectivity index (χ4n) is 6.56. The molecule has 47 heavy (non-hydrogen) atoms. The summed E-state index contributed by atoms with van der Waals surface area (Å²) in [5.41, 5.74) is 3.06. The summed E-state index contributed by atoms with van der Waals surface area (Å²) in [6.07, 6.45) is 7.98. The van der Waals surface area contributed by atoms with Crippen LogP contribution in [0.25, 0.3) is 0 Å². The van der Waals surface area contributed by atoms with Gasteiger partial charge in [-0.15, -0.1) is 0 Å². The minimum Gasteiger partial charge on any atom is -0.344 e. The first-order valence-electron chi connectivity index (χ1n) is 16.8. The summed E-state index contributed by atoms with van der Waals surface area (Å²) < 4.78 is 1.50. The average Bonchev–Trinajstić information content (AvgIpc) is 3.76. The van der Waals surface area contributed by atoms with E-state index in [9.17, 15) is 19.2 Å². The van der Waals surface area contributed by atoms with Gasteiger partial charge >= 0.3 is 0 Å². The molecule has 1 aromatic heterocycles. The molecule has 1 saturated carbocycles. The molecular formula is C36H47N7O4. The number of nitrogens with zero attached hydrogens (tertiary/aromatic N) is 3. The smallest absolute Gasteiger partial charge is 0.270 e. The molecule has 0 bridgehead atoms. The predicted octanol–water partition coefficient (Wildman–Crippen LogP) is 3.57. The van der Waals surface area contributed by atoms with Crippen molar-refractivity contribution in [3.05, 3.63) is 83.7 Å². The lowest BCUT2D eigenvalue weighted by Crippen LogP contribution is -2.49. The van der Waals surface area contributed by atoms with Gasteiger partial charge in [0.15, 0.2) is 0 Å².